The standard InChI is InChI=1S/C29H34ClN6O2P/c1-38-26-16-27(39(2,3)37)25(15-21(26)17-31)34-28-24(30)18-32-29(35-28)33-22-9-6-19-7-10-23(11-8-20(19)14-22)36-12-4-5-13-36/h6,9,14-16,18,23H,4-5,7-8,10-13H2,1-3H3,(H2,32,33,34,35)/t23-/m0/s1. The molecule has 0 amide bonds. The maximum absolute atomic E-state index is 13.1. The van der Waals surface area contributed by atoms with Crippen molar-refractivity contribution in [2.45, 2.75) is 44.6 Å². The van der Waals surface area contributed by atoms with Crippen LogP contribution in [0.3, 0.4) is 0 Å². The van der Waals surface area contributed by atoms with Crippen molar-refractivity contribution in [3.63, 3.8) is 0 Å². The second-order valence-electron chi connectivity index (χ2n) is 10.6. The Kier molecular flexibility index (Phi) is 8.13. The summed E-state index contributed by atoms with van der Waals surface area (Å²) < 4.78 is 18.4. The fourth-order valence-corrected chi connectivity index (χ4v) is 6.85. The molecular formula is C29H34ClN6O2P. The molecule has 0 saturated carbocycles. The molecule has 0 bridgehead atoms. The molecule has 1 fully saturated rings. The normalized spacial score (nSPS) is 17.7. The molecular weight excluding hydrogens is 531 g/mol. The zero-order valence-corrected chi connectivity index (χ0v) is 24.3. The van der Waals surface area contributed by atoms with Crippen LogP contribution in [-0.4, -0.2) is 54.4 Å². The highest BCUT2D eigenvalue weighted by atomic mass is 35.5. The molecule has 2 heterocycles. The van der Waals surface area contributed by atoms with Crippen LogP contribution in [0.2, 0.25) is 5.02 Å². The van der Waals surface area contributed by atoms with Crippen LogP contribution in [0.5, 0.6) is 5.75 Å². The zero-order valence-electron chi connectivity index (χ0n) is 22.6. The minimum Gasteiger partial charge on any atom is -0.495 e. The van der Waals surface area contributed by atoms with E-state index in [1.54, 1.807) is 25.5 Å². The molecule has 5 rings (SSSR count). The topological polar surface area (TPSA) is 103 Å². The highest BCUT2D eigenvalue weighted by Gasteiger charge is 2.25. The van der Waals surface area contributed by atoms with Crippen LogP contribution in [0.1, 0.15) is 42.4 Å². The van der Waals surface area contributed by atoms with Crippen molar-refractivity contribution in [3.05, 3.63) is 58.2 Å². The van der Waals surface area contributed by atoms with Gasteiger partial charge in [0.25, 0.3) is 0 Å². The van der Waals surface area contributed by atoms with E-state index in [4.69, 9.17) is 16.3 Å². The summed E-state index contributed by atoms with van der Waals surface area (Å²) >= 11 is 6.45. The van der Waals surface area contributed by atoms with E-state index >= 15 is 0 Å². The van der Waals surface area contributed by atoms with Gasteiger partial charge in [0, 0.05) is 17.0 Å². The number of aromatic nitrogens is 2. The Morgan fingerprint density at radius 2 is 1.85 bits per heavy atom. The van der Waals surface area contributed by atoms with Crippen molar-refractivity contribution in [1.29, 1.82) is 5.26 Å². The summed E-state index contributed by atoms with van der Waals surface area (Å²) in [5, 5.41) is 16.9. The van der Waals surface area contributed by atoms with Gasteiger partial charge in [0.1, 0.15) is 24.0 Å². The van der Waals surface area contributed by atoms with Crippen LogP contribution < -0.4 is 20.7 Å². The van der Waals surface area contributed by atoms with Crippen molar-refractivity contribution < 1.29 is 9.30 Å². The summed E-state index contributed by atoms with van der Waals surface area (Å²) in [7, 11) is -1.25. The lowest BCUT2D eigenvalue weighted by atomic mass is 10.0. The van der Waals surface area contributed by atoms with Gasteiger partial charge in [-0.1, -0.05) is 17.7 Å². The number of nitrogens with zero attached hydrogens (tertiary/aromatic N) is 4. The summed E-state index contributed by atoms with van der Waals surface area (Å²) in [4.78, 5) is 11.6. The fourth-order valence-electron chi connectivity index (χ4n) is 5.58. The summed E-state index contributed by atoms with van der Waals surface area (Å²) in [6.45, 7) is 5.81. The lowest BCUT2D eigenvalue weighted by Gasteiger charge is -2.25. The van der Waals surface area contributed by atoms with Crippen LogP contribution in [0.15, 0.2) is 36.5 Å². The van der Waals surface area contributed by atoms with E-state index in [1.165, 1.54) is 63.2 Å². The van der Waals surface area contributed by atoms with Crippen molar-refractivity contribution in [2.75, 3.05) is 44.2 Å². The number of rotatable bonds is 7. The Balaban J connectivity index is 1.37. The van der Waals surface area contributed by atoms with Crippen molar-refractivity contribution in [1.82, 2.24) is 14.9 Å². The second-order valence-corrected chi connectivity index (χ2v) is 14.2. The van der Waals surface area contributed by atoms with Gasteiger partial charge in [-0.05, 0) is 100 Å². The van der Waals surface area contributed by atoms with Gasteiger partial charge >= 0.3 is 0 Å². The number of likely N-dealkylation sites (tertiary alicyclic amines) is 1. The lowest BCUT2D eigenvalue weighted by molar-refractivity contribution is 0.222. The molecule has 1 aromatic heterocycles. The first kappa shape index (κ1) is 27.5. The van der Waals surface area contributed by atoms with Crippen LogP contribution >= 0.6 is 18.7 Å². The molecule has 8 nitrogen and oxygen atoms in total. The van der Waals surface area contributed by atoms with E-state index in [-0.39, 0.29) is 0 Å². The number of hydrogen-bond acceptors (Lipinski definition) is 8. The number of methoxy groups -OCH3 is 1. The number of nitrogens with one attached hydrogen (secondary N) is 2. The van der Waals surface area contributed by atoms with E-state index in [0.29, 0.717) is 45.1 Å². The SMILES string of the molecule is COc1cc(P(C)(C)=O)c(Nc2nc(Nc3ccc4c(c3)CC[C@@H](N3CCCC3)CC4)ncc2Cl)cc1C#N. The van der Waals surface area contributed by atoms with Crippen LogP contribution in [-0.2, 0) is 17.4 Å². The summed E-state index contributed by atoms with van der Waals surface area (Å²) in [5.74, 6) is 1.10. The average Bonchev–Trinajstić information content (AvgIpc) is 3.37. The highest BCUT2D eigenvalue weighted by molar-refractivity contribution is 7.70. The number of benzene rings is 2. The first-order valence-electron chi connectivity index (χ1n) is 13.4. The molecule has 2 aromatic carbocycles. The van der Waals surface area contributed by atoms with Gasteiger partial charge in [0.15, 0.2) is 5.82 Å². The molecule has 3 aromatic rings. The maximum Gasteiger partial charge on any atom is 0.229 e. The number of anilines is 4. The third-order valence-electron chi connectivity index (χ3n) is 7.63. The molecule has 204 valence electrons. The molecule has 0 radical (unpaired) electrons. The number of halogens is 1. The quantitative estimate of drug-likeness (QED) is 0.262. The molecule has 1 saturated heterocycles. The first-order valence-corrected chi connectivity index (χ1v) is 16.3. The summed E-state index contributed by atoms with van der Waals surface area (Å²) in [6.07, 6.45) is 8.75. The van der Waals surface area contributed by atoms with Gasteiger partial charge < -0.3 is 24.8 Å². The van der Waals surface area contributed by atoms with E-state index in [2.05, 4.69) is 49.8 Å². The Morgan fingerprint density at radius 1 is 1.10 bits per heavy atom. The van der Waals surface area contributed by atoms with E-state index in [9.17, 15) is 9.83 Å². The summed E-state index contributed by atoms with van der Waals surface area (Å²) in [6, 6.07) is 12.5. The number of nitriles is 1. The second kappa shape index (κ2) is 11.6. The third-order valence-corrected chi connectivity index (χ3v) is 9.44. The van der Waals surface area contributed by atoms with Gasteiger partial charge in [-0.2, -0.15) is 10.2 Å². The molecule has 0 spiro atoms. The molecule has 2 aliphatic rings. The van der Waals surface area contributed by atoms with Crippen LogP contribution in [0.4, 0.5) is 23.1 Å². The van der Waals surface area contributed by atoms with Crippen LogP contribution in [0, 0.1) is 11.3 Å². The predicted octanol–water partition coefficient (Wildman–Crippen LogP) is 6.09. The maximum atomic E-state index is 13.1. The minimum absolute atomic E-state index is 0.303. The van der Waals surface area contributed by atoms with Gasteiger partial charge in [0.2, 0.25) is 5.95 Å². The third kappa shape index (κ3) is 6.22. The number of ether oxygens (including phenoxy) is 1. The first-order chi connectivity index (χ1) is 18.7. The van der Waals surface area contributed by atoms with Gasteiger partial charge in [-0.3, -0.25) is 0 Å². The Labute approximate surface area is 235 Å². The van der Waals surface area contributed by atoms with Crippen LogP contribution in [0.25, 0.3) is 0 Å². The van der Waals surface area contributed by atoms with Gasteiger partial charge in [0.05, 0.1) is 24.6 Å². The molecule has 39 heavy (non-hydrogen) atoms. The van der Waals surface area contributed by atoms with E-state index < -0.39 is 7.14 Å². The lowest BCUT2D eigenvalue weighted by Crippen LogP contribution is -2.32. The van der Waals surface area contributed by atoms with Gasteiger partial charge in [-0.15, -0.1) is 0 Å². The zero-order chi connectivity index (χ0) is 27.6. The Morgan fingerprint density at radius 3 is 2.54 bits per heavy atom. The van der Waals surface area contributed by atoms with Crippen molar-refractivity contribution in [3.8, 4) is 11.8 Å². The molecule has 2 N–H and O–H groups in total. The highest BCUT2D eigenvalue weighted by Crippen LogP contribution is 2.41. The van der Waals surface area contributed by atoms with Crippen molar-refractivity contribution >= 4 is 47.2 Å². The monoisotopic (exact) mass is 564 g/mol. The Bertz CT molecular complexity index is 1460. The number of fused-ring (bicyclic) bond motifs is 1. The van der Waals surface area contributed by atoms with E-state index in [1.807, 2.05) is 0 Å². The fraction of sp³-hybridized carbons (Fsp3) is 0.414. The largest absolute Gasteiger partial charge is 0.495 e. The molecule has 1 aliphatic heterocycles. The van der Waals surface area contributed by atoms with Gasteiger partial charge in [-0.25, -0.2) is 4.98 Å². The average molecular weight is 565 g/mol. The smallest absolute Gasteiger partial charge is 0.229 e. The van der Waals surface area contributed by atoms with E-state index in [0.717, 1.165) is 18.5 Å². The number of aryl methyl sites for hydroxylation is 2. The molecule has 1 aliphatic carbocycles. The number of hydrogen-bond donors (Lipinski definition) is 2. The molecule has 10 heteroatoms. The minimum atomic E-state index is -2.73. The summed E-state index contributed by atoms with van der Waals surface area (Å²) in [5.41, 5.74) is 4.53. The molecule has 0 unspecified atom stereocenters. The van der Waals surface area contributed by atoms with Crippen molar-refractivity contribution in [2.24, 2.45) is 0 Å². The predicted molar refractivity (Wildman–Crippen MR) is 158 cm³/mol. The Hall–Kier alpha value is -3.11. The molecule has 1 atom stereocenters.